The molecule has 0 aromatic heterocycles. The molecule has 1 atom stereocenters. The summed E-state index contributed by atoms with van der Waals surface area (Å²) in [4.78, 5) is 9.47. The summed E-state index contributed by atoms with van der Waals surface area (Å²) in [5.41, 5.74) is 11.5. The van der Waals surface area contributed by atoms with Crippen LogP contribution in [0, 0.1) is 10.8 Å². The summed E-state index contributed by atoms with van der Waals surface area (Å²) in [7, 11) is 0. The molecule has 1 rings (SSSR count). The quantitative estimate of drug-likeness (QED) is 0.649. The normalized spacial score (nSPS) is 22.4. The summed E-state index contributed by atoms with van der Waals surface area (Å²) < 4.78 is 0. The van der Waals surface area contributed by atoms with Gasteiger partial charge in [0.25, 0.3) is 0 Å². The minimum absolute atomic E-state index is 0.00801. The van der Waals surface area contributed by atoms with Crippen LogP contribution < -0.4 is 11.5 Å². The molecule has 4 nitrogen and oxygen atoms in total. The van der Waals surface area contributed by atoms with Gasteiger partial charge < -0.3 is 16.6 Å². The van der Waals surface area contributed by atoms with Gasteiger partial charge in [-0.15, -0.1) is 0 Å². The number of carbonyl (C=O) groups excluding carboxylic acids is 1. The van der Waals surface area contributed by atoms with E-state index in [1.165, 1.54) is 0 Å². The maximum Gasteiger partial charge on any atom is 0.240 e. The fourth-order valence-corrected chi connectivity index (χ4v) is 1.97. The molecular formula is C17H30N2O2. The lowest BCUT2D eigenvalue weighted by Crippen LogP contribution is -2.44. The number of allylic oxidation sites excluding steroid dienone is 1. The lowest BCUT2D eigenvalue weighted by molar-refractivity contribution is -0.113. The third-order valence-electron chi connectivity index (χ3n) is 3.74. The van der Waals surface area contributed by atoms with Crippen LogP contribution in [-0.4, -0.2) is 16.6 Å². The molecule has 0 bridgehead atoms. The van der Waals surface area contributed by atoms with Crippen molar-refractivity contribution in [1.82, 2.24) is 0 Å². The second-order valence-corrected chi connectivity index (χ2v) is 7.47. The molecule has 0 aromatic rings. The Bertz CT molecular complexity index is 462. The molecule has 0 aliphatic heterocycles. The Kier molecular flexibility index (Phi) is 6.00. The van der Waals surface area contributed by atoms with E-state index in [0.717, 1.165) is 17.3 Å². The SMILES string of the molecule is C=CC(N)=O.CC(C)(C)C1=C(N)C=CC(O)(C(C)(C)C)C1. The van der Waals surface area contributed by atoms with Gasteiger partial charge in [0.05, 0.1) is 5.60 Å². The summed E-state index contributed by atoms with van der Waals surface area (Å²) in [5.74, 6) is -0.481. The highest BCUT2D eigenvalue weighted by Gasteiger charge is 2.42. The fourth-order valence-electron chi connectivity index (χ4n) is 1.97. The second kappa shape index (κ2) is 6.48. The highest BCUT2D eigenvalue weighted by molar-refractivity contribution is 5.84. The van der Waals surface area contributed by atoms with Gasteiger partial charge in [0.1, 0.15) is 0 Å². The van der Waals surface area contributed by atoms with Crippen LogP contribution in [0.15, 0.2) is 36.1 Å². The van der Waals surface area contributed by atoms with E-state index in [9.17, 15) is 9.90 Å². The van der Waals surface area contributed by atoms with Crippen LogP contribution in [0.25, 0.3) is 0 Å². The van der Waals surface area contributed by atoms with Crippen LogP contribution in [0.4, 0.5) is 0 Å². The summed E-state index contributed by atoms with van der Waals surface area (Å²) in [6.45, 7) is 15.7. The number of hydrogen-bond donors (Lipinski definition) is 3. The number of primary amides is 1. The van der Waals surface area contributed by atoms with Crippen LogP contribution in [-0.2, 0) is 4.79 Å². The molecule has 0 heterocycles. The molecule has 0 saturated carbocycles. The molecule has 1 aliphatic carbocycles. The average molecular weight is 294 g/mol. The van der Waals surface area contributed by atoms with E-state index in [1.54, 1.807) is 0 Å². The van der Waals surface area contributed by atoms with Crippen LogP contribution in [0.2, 0.25) is 0 Å². The van der Waals surface area contributed by atoms with E-state index in [0.29, 0.717) is 6.42 Å². The number of aliphatic hydroxyl groups is 1. The highest BCUT2D eigenvalue weighted by atomic mass is 16.3. The van der Waals surface area contributed by atoms with Gasteiger partial charge >= 0.3 is 0 Å². The van der Waals surface area contributed by atoms with Crippen molar-refractivity contribution in [3.05, 3.63) is 36.1 Å². The van der Waals surface area contributed by atoms with Crippen molar-refractivity contribution < 1.29 is 9.90 Å². The maximum absolute atomic E-state index is 10.7. The Labute approximate surface area is 128 Å². The largest absolute Gasteiger partial charge is 0.399 e. The second-order valence-electron chi connectivity index (χ2n) is 7.47. The molecule has 1 unspecified atom stereocenters. The van der Waals surface area contributed by atoms with Crippen molar-refractivity contribution >= 4 is 5.91 Å². The van der Waals surface area contributed by atoms with Gasteiger partial charge in [-0.2, -0.15) is 0 Å². The molecule has 21 heavy (non-hydrogen) atoms. The van der Waals surface area contributed by atoms with E-state index in [2.05, 4.69) is 53.9 Å². The molecule has 0 aromatic carbocycles. The Morgan fingerprint density at radius 1 is 1.33 bits per heavy atom. The molecule has 1 amide bonds. The average Bonchev–Trinajstić information content (AvgIpc) is 2.30. The topological polar surface area (TPSA) is 89.3 Å². The third kappa shape index (κ3) is 5.38. The molecule has 120 valence electrons. The number of rotatable bonds is 1. The van der Waals surface area contributed by atoms with Gasteiger partial charge in [0.2, 0.25) is 5.91 Å². The van der Waals surface area contributed by atoms with Crippen LogP contribution in [0.3, 0.4) is 0 Å². The van der Waals surface area contributed by atoms with Crippen molar-refractivity contribution in [1.29, 1.82) is 0 Å². The summed E-state index contributed by atoms with van der Waals surface area (Å²) in [6, 6.07) is 0. The number of amides is 1. The van der Waals surface area contributed by atoms with Crippen LogP contribution >= 0.6 is 0 Å². The molecule has 0 fully saturated rings. The monoisotopic (exact) mass is 294 g/mol. The number of carbonyl (C=O) groups is 1. The minimum atomic E-state index is -0.793. The number of hydrogen-bond acceptors (Lipinski definition) is 3. The molecule has 0 radical (unpaired) electrons. The van der Waals surface area contributed by atoms with E-state index in [1.807, 2.05) is 12.2 Å². The smallest absolute Gasteiger partial charge is 0.240 e. The first-order valence-corrected chi connectivity index (χ1v) is 7.07. The minimum Gasteiger partial charge on any atom is -0.399 e. The van der Waals surface area contributed by atoms with E-state index in [4.69, 9.17) is 5.73 Å². The molecule has 0 saturated heterocycles. The van der Waals surface area contributed by atoms with Gasteiger partial charge in [-0.25, -0.2) is 0 Å². The zero-order valence-electron chi connectivity index (χ0n) is 14.2. The highest BCUT2D eigenvalue weighted by Crippen LogP contribution is 2.44. The number of nitrogens with two attached hydrogens (primary N) is 2. The van der Waals surface area contributed by atoms with Gasteiger partial charge in [-0.1, -0.05) is 54.2 Å². The van der Waals surface area contributed by atoms with Crippen molar-refractivity contribution in [3.63, 3.8) is 0 Å². The Morgan fingerprint density at radius 2 is 1.76 bits per heavy atom. The van der Waals surface area contributed by atoms with Gasteiger partial charge in [-0.3, -0.25) is 4.79 Å². The summed E-state index contributed by atoms with van der Waals surface area (Å²) in [5, 5.41) is 10.7. The van der Waals surface area contributed by atoms with E-state index >= 15 is 0 Å². The maximum atomic E-state index is 10.7. The first-order valence-electron chi connectivity index (χ1n) is 7.07. The van der Waals surface area contributed by atoms with Crippen molar-refractivity contribution in [2.75, 3.05) is 0 Å². The lowest BCUT2D eigenvalue weighted by atomic mass is 9.67. The fraction of sp³-hybridized carbons (Fsp3) is 0.588. The van der Waals surface area contributed by atoms with Gasteiger partial charge in [0, 0.05) is 12.1 Å². The summed E-state index contributed by atoms with van der Waals surface area (Å²) >= 11 is 0. The Morgan fingerprint density at radius 3 is 2.05 bits per heavy atom. The van der Waals surface area contributed by atoms with E-state index in [-0.39, 0.29) is 10.8 Å². The zero-order valence-corrected chi connectivity index (χ0v) is 14.2. The summed E-state index contributed by atoms with van der Waals surface area (Å²) in [6.07, 6.45) is 5.38. The molecule has 0 spiro atoms. The van der Waals surface area contributed by atoms with Crippen LogP contribution in [0.5, 0.6) is 0 Å². The standard InChI is InChI=1S/C14H25NO.C3H5NO/c1-12(2,3)10-9-14(16,13(4,5)6)8-7-11(10)15;1-2-3(4)5/h7-8,16H,9,15H2,1-6H3;2H,1H2,(H2,4,5). The molecule has 1 aliphatic rings. The molecule has 4 heteroatoms. The molecule has 5 N–H and O–H groups in total. The van der Waals surface area contributed by atoms with Crippen LogP contribution in [0.1, 0.15) is 48.0 Å². The van der Waals surface area contributed by atoms with Crippen molar-refractivity contribution in [2.24, 2.45) is 22.3 Å². The van der Waals surface area contributed by atoms with Gasteiger partial charge in [-0.05, 0) is 28.6 Å². The Hall–Kier alpha value is -1.55. The lowest BCUT2D eigenvalue weighted by Gasteiger charge is -2.43. The zero-order chi connectivity index (χ0) is 17.1. The first kappa shape index (κ1) is 19.4. The van der Waals surface area contributed by atoms with E-state index < -0.39 is 11.5 Å². The first-order chi connectivity index (χ1) is 9.24. The third-order valence-corrected chi connectivity index (χ3v) is 3.74. The van der Waals surface area contributed by atoms with Crippen molar-refractivity contribution in [3.8, 4) is 0 Å². The molecular weight excluding hydrogens is 264 g/mol. The predicted molar refractivity (Wildman–Crippen MR) is 88.2 cm³/mol. The van der Waals surface area contributed by atoms with Gasteiger partial charge in [0.15, 0.2) is 0 Å². The Balaban J connectivity index is 0.000000690. The van der Waals surface area contributed by atoms with Crippen molar-refractivity contribution in [2.45, 2.75) is 53.6 Å². The predicted octanol–water partition coefficient (Wildman–Crippen LogP) is 2.64.